The zero-order chi connectivity index (χ0) is 13.0. The Kier molecular flexibility index (Phi) is 3.74. The maximum Gasteiger partial charge on any atom is 0.417 e. The second-order valence-electron chi connectivity index (χ2n) is 3.57. The summed E-state index contributed by atoms with van der Waals surface area (Å²) in [6.45, 7) is 1.95. The highest BCUT2D eigenvalue weighted by molar-refractivity contribution is 6.28. The molecule has 0 fully saturated rings. The van der Waals surface area contributed by atoms with Crippen molar-refractivity contribution >= 4 is 23.4 Å². The van der Waals surface area contributed by atoms with Gasteiger partial charge in [-0.1, -0.05) is 17.7 Å². The van der Waals surface area contributed by atoms with E-state index in [-0.39, 0.29) is 5.28 Å². The van der Waals surface area contributed by atoms with Crippen LogP contribution in [0.3, 0.4) is 0 Å². The van der Waals surface area contributed by atoms with Gasteiger partial charge in [0.25, 0.3) is 0 Å². The molecule has 92 valence electrons. The normalized spacial score (nSPS) is 9.89. The molecular weight excluding hydrogens is 254 g/mol. The summed E-state index contributed by atoms with van der Waals surface area (Å²) < 4.78 is 5.06. The summed E-state index contributed by atoms with van der Waals surface area (Å²) in [5.41, 5.74) is 1.50. The standard InChI is InChI=1S/C12H10ClN3O2/c1-8-2-4-10(5-3-8)18-12(17)16-9-6-14-11(13)15-7-9/h2-7H,1H3,(H,16,17). The number of amides is 1. The molecule has 0 spiro atoms. The van der Waals surface area contributed by atoms with Crippen LogP contribution < -0.4 is 10.1 Å². The molecule has 1 aromatic carbocycles. The highest BCUT2D eigenvalue weighted by atomic mass is 35.5. The van der Waals surface area contributed by atoms with Gasteiger partial charge in [0.1, 0.15) is 5.75 Å². The Morgan fingerprint density at radius 3 is 2.44 bits per heavy atom. The summed E-state index contributed by atoms with van der Waals surface area (Å²) in [4.78, 5) is 19.0. The summed E-state index contributed by atoms with van der Waals surface area (Å²) in [6.07, 6.45) is 2.18. The second-order valence-corrected chi connectivity index (χ2v) is 3.91. The van der Waals surface area contributed by atoms with Gasteiger partial charge in [-0.15, -0.1) is 0 Å². The van der Waals surface area contributed by atoms with Gasteiger partial charge in [0.15, 0.2) is 0 Å². The van der Waals surface area contributed by atoms with Crippen LogP contribution in [0.25, 0.3) is 0 Å². The number of ether oxygens (including phenoxy) is 1. The Bertz CT molecular complexity index is 491. The zero-order valence-electron chi connectivity index (χ0n) is 9.55. The molecule has 0 atom stereocenters. The number of nitrogens with zero attached hydrogens (tertiary/aromatic N) is 2. The van der Waals surface area contributed by atoms with Gasteiger partial charge in [0, 0.05) is 0 Å². The van der Waals surface area contributed by atoms with E-state index in [4.69, 9.17) is 16.3 Å². The highest BCUT2D eigenvalue weighted by Crippen LogP contribution is 2.13. The first kappa shape index (κ1) is 12.3. The van der Waals surface area contributed by atoms with Crippen LogP contribution in [0.5, 0.6) is 5.75 Å². The number of aryl methyl sites for hydroxylation is 1. The van der Waals surface area contributed by atoms with E-state index in [0.717, 1.165) is 5.56 Å². The topological polar surface area (TPSA) is 64.1 Å². The monoisotopic (exact) mass is 263 g/mol. The maximum absolute atomic E-state index is 11.5. The van der Waals surface area contributed by atoms with Gasteiger partial charge in [-0.2, -0.15) is 0 Å². The number of hydrogen-bond donors (Lipinski definition) is 1. The first-order chi connectivity index (χ1) is 8.63. The minimum atomic E-state index is -0.607. The van der Waals surface area contributed by atoms with Gasteiger partial charge in [0.05, 0.1) is 18.1 Å². The van der Waals surface area contributed by atoms with Gasteiger partial charge in [-0.3, -0.25) is 5.32 Å². The van der Waals surface area contributed by atoms with Crippen LogP contribution in [0.4, 0.5) is 10.5 Å². The van der Waals surface area contributed by atoms with E-state index in [0.29, 0.717) is 11.4 Å². The number of halogens is 1. The predicted octanol–water partition coefficient (Wildman–Crippen LogP) is 3.05. The van der Waals surface area contributed by atoms with Crippen LogP contribution in [-0.4, -0.2) is 16.1 Å². The molecule has 0 saturated heterocycles. The van der Waals surface area contributed by atoms with Crippen molar-refractivity contribution in [3.8, 4) is 5.75 Å². The molecule has 0 aliphatic carbocycles. The molecule has 2 aromatic rings. The van der Waals surface area contributed by atoms with Gasteiger partial charge >= 0.3 is 6.09 Å². The number of aromatic nitrogens is 2. The van der Waals surface area contributed by atoms with Crippen LogP contribution in [-0.2, 0) is 0 Å². The largest absolute Gasteiger partial charge is 0.417 e. The third kappa shape index (κ3) is 3.43. The lowest BCUT2D eigenvalue weighted by Gasteiger charge is -2.06. The third-order valence-corrected chi connectivity index (χ3v) is 2.29. The van der Waals surface area contributed by atoms with Crippen LogP contribution >= 0.6 is 11.6 Å². The summed E-state index contributed by atoms with van der Waals surface area (Å²) in [7, 11) is 0. The summed E-state index contributed by atoms with van der Waals surface area (Å²) in [5, 5.41) is 2.61. The number of carbonyl (C=O) groups is 1. The molecule has 2 rings (SSSR count). The Morgan fingerprint density at radius 2 is 1.83 bits per heavy atom. The number of hydrogen-bond acceptors (Lipinski definition) is 4. The number of benzene rings is 1. The maximum atomic E-state index is 11.5. The minimum Gasteiger partial charge on any atom is -0.410 e. The fraction of sp³-hybridized carbons (Fsp3) is 0.0833. The van der Waals surface area contributed by atoms with Gasteiger partial charge in [0.2, 0.25) is 5.28 Å². The molecule has 18 heavy (non-hydrogen) atoms. The van der Waals surface area contributed by atoms with Crippen molar-refractivity contribution in [2.24, 2.45) is 0 Å². The average molecular weight is 264 g/mol. The quantitative estimate of drug-likeness (QED) is 0.846. The van der Waals surface area contributed by atoms with Gasteiger partial charge in [-0.25, -0.2) is 14.8 Å². The summed E-state index contributed by atoms with van der Waals surface area (Å²) >= 11 is 5.53. The van der Waals surface area contributed by atoms with Gasteiger partial charge < -0.3 is 4.74 Å². The molecule has 0 aliphatic rings. The van der Waals surface area contributed by atoms with Crippen LogP contribution in [0.2, 0.25) is 5.28 Å². The molecule has 5 nitrogen and oxygen atoms in total. The van der Waals surface area contributed by atoms with E-state index < -0.39 is 6.09 Å². The van der Waals surface area contributed by atoms with Crippen LogP contribution in [0.1, 0.15) is 5.56 Å². The van der Waals surface area contributed by atoms with E-state index in [1.807, 2.05) is 19.1 Å². The highest BCUT2D eigenvalue weighted by Gasteiger charge is 2.05. The van der Waals surface area contributed by atoms with Crippen molar-refractivity contribution < 1.29 is 9.53 Å². The first-order valence-corrected chi connectivity index (χ1v) is 5.54. The van der Waals surface area contributed by atoms with Crippen LogP contribution in [0, 0.1) is 6.92 Å². The third-order valence-electron chi connectivity index (χ3n) is 2.10. The first-order valence-electron chi connectivity index (χ1n) is 5.16. The molecule has 0 radical (unpaired) electrons. The van der Waals surface area contributed by atoms with Crippen molar-refractivity contribution in [3.63, 3.8) is 0 Å². The Labute approximate surface area is 109 Å². The molecule has 0 unspecified atom stereocenters. The summed E-state index contributed by atoms with van der Waals surface area (Å²) in [5.74, 6) is 0.466. The molecule has 0 aliphatic heterocycles. The number of rotatable bonds is 2. The van der Waals surface area contributed by atoms with Gasteiger partial charge in [-0.05, 0) is 30.7 Å². The zero-order valence-corrected chi connectivity index (χ0v) is 10.3. The lowest BCUT2D eigenvalue weighted by Crippen LogP contribution is -2.16. The van der Waals surface area contributed by atoms with Crippen molar-refractivity contribution in [1.82, 2.24) is 9.97 Å². The molecule has 1 aromatic heterocycles. The number of nitrogens with one attached hydrogen (secondary N) is 1. The number of anilines is 1. The Morgan fingerprint density at radius 1 is 1.22 bits per heavy atom. The molecule has 1 amide bonds. The molecule has 6 heteroatoms. The molecule has 1 heterocycles. The van der Waals surface area contributed by atoms with E-state index in [1.54, 1.807) is 12.1 Å². The lowest BCUT2D eigenvalue weighted by molar-refractivity contribution is 0.215. The smallest absolute Gasteiger partial charge is 0.410 e. The Balaban J connectivity index is 1.96. The second kappa shape index (κ2) is 5.46. The fourth-order valence-electron chi connectivity index (χ4n) is 1.23. The van der Waals surface area contributed by atoms with E-state index in [1.165, 1.54) is 12.4 Å². The van der Waals surface area contributed by atoms with Crippen molar-refractivity contribution in [2.75, 3.05) is 5.32 Å². The molecule has 0 bridgehead atoms. The average Bonchev–Trinajstić information content (AvgIpc) is 2.35. The molecular formula is C12H10ClN3O2. The number of carbonyl (C=O) groups excluding carboxylic acids is 1. The van der Waals surface area contributed by atoms with Crippen LogP contribution in [0.15, 0.2) is 36.7 Å². The molecule has 0 saturated carbocycles. The Hall–Kier alpha value is -2.14. The summed E-state index contributed by atoms with van der Waals surface area (Å²) in [6, 6.07) is 7.14. The van der Waals surface area contributed by atoms with E-state index in [2.05, 4.69) is 15.3 Å². The SMILES string of the molecule is Cc1ccc(OC(=O)Nc2cnc(Cl)nc2)cc1. The van der Waals surface area contributed by atoms with E-state index >= 15 is 0 Å². The molecule has 1 N–H and O–H groups in total. The fourth-order valence-corrected chi connectivity index (χ4v) is 1.33. The predicted molar refractivity (Wildman–Crippen MR) is 67.9 cm³/mol. The lowest BCUT2D eigenvalue weighted by atomic mass is 10.2. The minimum absolute atomic E-state index is 0.118. The van der Waals surface area contributed by atoms with E-state index in [9.17, 15) is 4.79 Å². The van der Waals surface area contributed by atoms with Crippen molar-refractivity contribution in [1.29, 1.82) is 0 Å². The van der Waals surface area contributed by atoms with Crippen molar-refractivity contribution in [2.45, 2.75) is 6.92 Å². The van der Waals surface area contributed by atoms with Crippen molar-refractivity contribution in [3.05, 3.63) is 47.5 Å².